The van der Waals surface area contributed by atoms with E-state index in [2.05, 4.69) is 30.0 Å². The monoisotopic (exact) mass is 434 g/mol. The van der Waals surface area contributed by atoms with Crippen molar-refractivity contribution in [2.24, 2.45) is 0 Å². The van der Waals surface area contributed by atoms with E-state index in [0.717, 1.165) is 24.2 Å². The fourth-order valence-electron chi connectivity index (χ4n) is 2.67. The number of nitrogens with one attached hydrogen (secondary N) is 1. The number of hydrogen-bond acceptors (Lipinski definition) is 6. The van der Waals surface area contributed by atoms with E-state index >= 15 is 0 Å². The maximum Gasteiger partial charge on any atom is 0.236 e. The van der Waals surface area contributed by atoms with E-state index in [0.29, 0.717) is 32.6 Å². The van der Waals surface area contributed by atoms with Crippen molar-refractivity contribution in [2.45, 2.75) is 31.0 Å². The maximum absolute atomic E-state index is 12.4. The molecule has 0 atom stereocenters. The summed E-state index contributed by atoms with van der Waals surface area (Å²) in [6.07, 6.45) is 7.11. The first-order chi connectivity index (χ1) is 13.5. The molecule has 1 aliphatic rings. The second-order valence-corrected chi connectivity index (χ2v) is 8.11. The Balaban J connectivity index is 1.47. The molecular formula is C18H16Cl2N6OS. The summed E-state index contributed by atoms with van der Waals surface area (Å²) in [5.41, 5.74) is 1.58. The van der Waals surface area contributed by atoms with E-state index in [1.807, 2.05) is 12.1 Å². The molecule has 4 rings (SSSR count). The molecule has 0 saturated heterocycles. The summed E-state index contributed by atoms with van der Waals surface area (Å²) < 4.78 is 2.09. The van der Waals surface area contributed by atoms with Gasteiger partial charge in [-0.25, -0.2) is 4.98 Å². The van der Waals surface area contributed by atoms with Gasteiger partial charge in [-0.15, -0.1) is 10.2 Å². The van der Waals surface area contributed by atoms with Crippen LogP contribution in [0.1, 0.15) is 24.4 Å². The van der Waals surface area contributed by atoms with Crippen LogP contribution in [-0.2, 0) is 4.79 Å². The van der Waals surface area contributed by atoms with Gasteiger partial charge in [0.15, 0.2) is 16.8 Å². The van der Waals surface area contributed by atoms with E-state index in [9.17, 15) is 4.79 Å². The largest absolute Gasteiger partial charge is 0.309 e. The summed E-state index contributed by atoms with van der Waals surface area (Å²) in [6.45, 7) is 1.77. The minimum Gasteiger partial charge on any atom is -0.309 e. The van der Waals surface area contributed by atoms with Crippen molar-refractivity contribution in [1.82, 2.24) is 24.7 Å². The lowest BCUT2D eigenvalue weighted by atomic mass is 10.3. The lowest BCUT2D eigenvalue weighted by molar-refractivity contribution is -0.113. The number of amides is 1. The standard InChI is InChI=1S/C18H16Cl2N6OS/c1-10-13(19)8-22-16(15(10)20)23-14(27)9-28-18-25-24-17(26(18)12-4-5-12)11-3-2-6-21-7-11/h2-3,6-8,12H,4-5,9H2,1H3,(H,22,23,27). The van der Waals surface area contributed by atoms with Crippen LogP contribution in [-0.4, -0.2) is 36.4 Å². The number of thioether (sulfide) groups is 1. The molecule has 1 aliphatic carbocycles. The van der Waals surface area contributed by atoms with Crippen LogP contribution in [0.25, 0.3) is 11.4 Å². The summed E-state index contributed by atoms with van der Waals surface area (Å²) in [6, 6.07) is 4.19. The summed E-state index contributed by atoms with van der Waals surface area (Å²) in [4.78, 5) is 20.6. The highest BCUT2D eigenvalue weighted by Crippen LogP contribution is 2.41. The number of aromatic nitrogens is 5. The fraction of sp³-hybridized carbons (Fsp3) is 0.278. The minimum absolute atomic E-state index is 0.164. The summed E-state index contributed by atoms with van der Waals surface area (Å²) in [5.74, 6) is 1.01. The average molecular weight is 435 g/mol. The molecule has 1 amide bonds. The molecule has 1 N–H and O–H groups in total. The van der Waals surface area contributed by atoms with E-state index in [4.69, 9.17) is 23.2 Å². The van der Waals surface area contributed by atoms with Gasteiger partial charge >= 0.3 is 0 Å². The van der Waals surface area contributed by atoms with Crippen molar-refractivity contribution < 1.29 is 4.79 Å². The quantitative estimate of drug-likeness (QED) is 0.577. The molecule has 1 fully saturated rings. The Labute approximate surface area is 175 Å². The number of rotatable bonds is 6. The fourth-order valence-corrected chi connectivity index (χ4v) is 3.87. The molecule has 3 heterocycles. The number of anilines is 1. The van der Waals surface area contributed by atoms with Gasteiger partial charge in [0, 0.05) is 30.2 Å². The minimum atomic E-state index is -0.227. The number of carbonyl (C=O) groups is 1. The van der Waals surface area contributed by atoms with Gasteiger partial charge in [-0.3, -0.25) is 14.3 Å². The van der Waals surface area contributed by atoms with Gasteiger partial charge in [-0.1, -0.05) is 35.0 Å². The second kappa shape index (κ2) is 8.06. The molecule has 0 radical (unpaired) electrons. The van der Waals surface area contributed by atoms with Gasteiger partial charge in [-0.05, 0) is 37.5 Å². The highest BCUT2D eigenvalue weighted by molar-refractivity contribution is 7.99. The zero-order chi connectivity index (χ0) is 19.7. The molecule has 0 aliphatic heterocycles. The molecule has 10 heteroatoms. The van der Waals surface area contributed by atoms with E-state index in [1.165, 1.54) is 18.0 Å². The van der Waals surface area contributed by atoms with Gasteiger partial charge < -0.3 is 5.32 Å². The van der Waals surface area contributed by atoms with E-state index in [-0.39, 0.29) is 11.7 Å². The molecular weight excluding hydrogens is 419 g/mol. The second-order valence-electron chi connectivity index (χ2n) is 6.38. The number of pyridine rings is 2. The van der Waals surface area contributed by atoms with Crippen LogP contribution in [0.5, 0.6) is 0 Å². The molecule has 3 aromatic heterocycles. The normalized spacial score (nSPS) is 13.5. The average Bonchev–Trinajstić information content (AvgIpc) is 3.46. The van der Waals surface area contributed by atoms with Crippen LogP contribution in [0.2, 0.25) is 10.0 Å². The number of hydrogen-bond donors (Lipinski definition) is 1. The molecule has 1 saturated carbocycles. The van der Waals surface area contributed by atoms with Gasteiger partial charge in [0.1, 0.15) is 0 Å². The zero-order valence-electron chi connectivity index (χ0n) is 14.9. The predicted octanol–water partition coefficient (Wildman–Crippen LogP) is 4.42. The maximum atomic E-state index is 12.4. The number of nitrogens with zero attached hydrogens (tertiary/aromatic N) is 5. The third-order valence-electron chi connectivity index (χ3n) is 4.29. The lowest BCUT2D eigenvalue weighted by Gasteiger charge is -2.10. The Morgan fingerprint density at radius 3 is 2.86 bits per heavy atom. The first-order valence-electron chi connectivity index (χ1n) is 8.63. The Morgan fingerprint density at radius 2 is 2.14 bits per heavy atom. The number of carbonyl (C=O) groups excluding carboxylic acids is 1. The van der Waals surface area contributed by atoms with Crippen LogP contribution in [0.3, 0.4) is 0 Å². The molecule has 0 bridgehead atoms. The first kappa shape index (κ1) is 19.2. The Hall–Kier alpha value is -2.16. The third kappa shape index (κ3) is 3.99. The summed E-state index contributed by atoms with van der Waals surface area (Å²) in [5, 5.41) is 12.8. The smallest absolute Gasteiger partial charge is 0.236 e. The van der Waals surface area contributed by atoms with E-state index in [1.54, 1.807) is 19.3 Å². The van der Waals surface area contributed by atoms with Crippen LogP contribution >= 0.6 is 35.0 Å². The van der Waals surface area contributed by atoms with Crippen molar-refractivity contribution in [2.75, 3.05) is 11.1 Å². The molecule has 28 heavy (non-hydrogen) atoms. The summed E-state index contributed by atoms with van der Waals surface area (Å²) >= 11 is 13.5. The molecule has 0 spiro atoms. The molecule has 0 aromatic carbocycles. The Bertz CT molecular complexity index is 1020. The Morgan fingerprint density at radius 1 is 1.32 bits per heavy atom. The Kier molecular flexibility index (Phi) is 5.52. The first-order valence-corrected chi connectivity index (χ1v) is 10.4. The van der Waals surface area contributed by atoms with Gasteiger partial charge in [0.25, 0.3) is 0 Å². The molecule has 144 valence electrons. The van der Waals surface area contributed by atoms with Crippen LogP contribution < -0.4 is 5.32 Å². The van der Waals surface area contributed by atoms with Crippen LogP contribution in [0.15, 0.2) is 35.9 Å². The SMILES string of the molecule is Cc1c(Cl)cnc(NC(=O)CSc2nnc(-c3cccnc3)n2C2CC2)c1Cl. The summed E-state index contributed by atoms with van der Waals surface area (Å²) in [7, 11) is 0. The predicted molar refractivity (Wildman–Crippen MR) is 110 cm³/mol. The highest BCUT2D eigenvalue weighted by atomic mass is 35.5. The molecule has 0 unspecified atom stereocenters. The zero-order valence-corrected chi connectivity index (χ0v) is 17.2. The van der Waals surface area contributed by atoms with Crippen molar-refractivity contribution in [1.29, 1.82) is 0 Å². The van der Waals surface area contributed by atoms with Crippen LogP contribution in [0.4, 0.5) is 5.82 Å². The van der Waals surface area contributed by atoms with Gasteiger partial charge in [0.05, 0.1) is 15.8 Å². The topological polar surface area (TPSA) is 85.6 Å². The van der Waals surface area contributed by atoms with Crippen molar-refractivity contribution in [3.8, 4) is 11.4 Å². The highest BCUT2D eigenvalue weighted by Gasteiger charge is 2.30. The van der Waals surface area contributed by atoms with Crippen molar-refractivity contribution >= 4 is 46.7 Å². The van der Waals surface area contributed by atoms with Crippen LogP contribution in [0, 0.1) is 6.92 Å². The van der Waals surface area contributed by atoms with Crippen molar-refractivity contribution in [3.05, 3.63) is 46.3 Å². The molecule has 7 nitrogen and oxygen atoms in total. The van der Waals surface area contributed by atoms with Gasteiger partial charge in [0.2, 0.25) is 5.91 Å². The number of halogens is 2. The molecule has 3 aromatic rings. The van der Waals surface area contributed by atoms with Gasteiger partial charge in [-0.2, -0.15) is 0 Å². The third-order valence-corrected chi connectivity index (χ3v) is 6.08. The van der Waals surface area contributed by atoms with E-state index < -0.39 is 0 Å². The lowest BCUT2D eigenvalue weighted by Crippen LogP contribution is -2.16. The van der Waals surface area contributed by atoms with Crippen molar-refractivity contribution in [3.63, 3.8) is 0 Å².